The van der Waals surface area contributed by atoms with Gasteiger partial charge in [-0.2, -0.15) is 5.10 Å². The SMILES string of the molecule is CCN(CC)CCNC(=O)c1c(C)[nH]c(C=C2C(=O)Nc3ccc(-c4cnn(-c5ccccc5Cl)c4)cc32)c1C. The molecule has 206 valence electrons. The summed E-state index contributed by atoms with van der Waals surface area (Å²) in [5.74, 6) is -0.298. The normalized spacial score (nSPS) is 13.7. The van der Waals surface area contributed by atoms with Crippen LogP contribution < -0.4 is 10.6 Å². The van der Waals surface area contributed by atoms with Gasteiger partial charge in [0.1, 0.15) is 0 Å². The van der Waals surface area contributed by atoms with Crippen LogP contribution in [0.15, 0.2) is 54.9 Å². The Balaban J connectivity index is 1.41. The van der Waals surface area contributed by atoms with Crippen LogP contribution in [-0.4, -0.2) is 57.7 Å². The van der Waals surface area contributed by atoms with Crippen molar-refractivity contribution in [1.29, 1.82) is 0 Å². The van der Waals surface area contributed by atoms with Crippen LogP contribution in [0.25, 0.3) is 28.5 Å². The van der Waals surface area contributed by atoms with Crippen LogP contribution in [0.1, 0.15) is 46.7 Å². The molecule has 0 unspecified atom stereocenters. The van der Waals surface area contributed by atoms with E-state index in [0.29, 0.717) is 22.7 Å². The summed E-state index contributed by atoms with van der Waals surface area (Å²) in [6.45, 7) is 11.3. The molecule has 9 heteroatoms. The Morgan fingerprint density at radius 2 is 1.90 bits per heavy atom. The zero-order valence-electron chi connectivity index (χ0n) is 23.1. The number of carbonyl (C=O) groups excluding carboxylic acids is 2. The average Bonchev–Trinajstić information content (AvgIpc) is 3.63. The summed E-state index contributed by atoms with van der Waals surface area (Å²) >= 11 is 6.35. The van der Waals surface area contributed by atoms with Crippen molar-refractivity contribution < 1.29 is 9.59 Å². The lowest BCUT2D eigenvalue weighted by atomic mass is 10.00. The fourth-order valence-corrected chi connectivity index (χ4v) is 5.33. The molecule has 0 saturated carbocycles. The zero-order chi connectivity index (χ0) is 28.4. The molecule has 1 aliphatic heterocycles. The third-order valence-corrected chi connectivity index (χ3v) is 7.74. The van der Waals surface area contributed by atoms with E-state index in [0.717, 1.165) is 64.7 Å². The molecule has 0 fully saturated rings. The molecule has 0 atom stereocenters. The standard InChI is InChI=1S/C31H33ClN6O2/c1-5-37(6-2)14-13-33-31(40)29-19(3)27(35-20(29)4)16-24-23-15-21(11-12-26(23)36-30(24)39)22-17-34-38(18-22)28-10-8-7-9-25(28)32/h7-12,15-18,35H,5-6,13-14H2,1-4H3,(H,33,40)(H,36,39). The quantitative estimate of drug-likeness (QED) is 0.230. The molecule has 4 aromatic rings. The van der Waals surface area contributed by atoms with Crippen LogP contribution in [0.4, 0.5) is 5.69 Å². The molecule has 3 heterocycles. The molecule has 2 aromatic heterocycles. The minimum atomic E-state index is -0.184. The van der Waals surface area contributed by atoms with Crippen LogP contribution >= 0.6 is 11.6 Å². The molecule has 8 nitrogen and oxygen atoms in total. The number of aromatic nitrogens is 3. The van der Waals surface area contributed by atoms with Crippen molar-refractivity contribution in [3.63, 3.8) is 0 Å². The van der Waals surface area contributed by atoms with Crippen molar-refractivity contribution in [2.24, 2.45) is 0 Å². The molecule has 0 bridgehead atoms. The maximum atomic E-state index is 13.0. The Morgan fingerprint density at radius 1 is 1.12 bits per heavy atom. The summed E-state index contributed by atoms with van der Waals surface area (Å²) in [6.07, 6.45) is 5.52. The molecular formula is C31H33ClN6O2. The highest BCUT2D eigenvalue weighted by Gasteiger charge is 2.26. The molecule has 0 aliphatic carbocycles. The second-order valence-corrected chi connectivity index (χ2v) is 10.3. The largest absolute Gasteiger partial charge is 0.358 e. The van der Waals surface area contributed by atoms with Crippen LogP contribution in [0.3, 0.4) is 0 Å². The molecular weight excluding hydrogens is 524 g/mol. The van der Waals surface area contributed by atoms with Gasteiger partial charge in [0.25, 0.3) is 11.8 Å². The number of benzene rings is 2. The first kappa shape index (κ1) is 27.4. The van der Waals surface area contributed by atoms with E-state index in [4.69, 9.17) is 11.6 Å². The number of H-pyrrole nitrogens is 1. The number of aryl methyl sites for hydroxylation is 1. The number of fused-ring (bicyclic) bond motifs is 1. The molecule has 2 amide bonds. The van der Waals surface area contributed by atoms with Crippen LogP contribution in [-0.2, 0) is 4.79 Å². The number of amides is 2. The predicted molar refractivity (Wildman–Crippen MR) is 161 cm³/mol. The number of anilines is 1. The lowest BCUT2D eigenvalue weighted by Crippen LogP contribution is -2.35. The van der Waals surface area contributed by atoms with Crippen molar-refractivity contribution in [2.45, 2.75) is 27.7 Å². The van der Waals surface area contributed by atoms with Gasteiger partial charge in [-0.05, 0) is 68.4 Å². The number of aromatic amines is 1. The molecule has 3 N–H and O–H groups in total. The first-order chi connectivity index (χ1) is 19.3. The van der Waals surface area contributed by atoms with E-state index in [1.54, 1.807) is 10.9 Å². The Bertz CT molecular complexity index is 1610. The second kappa shape index (κ2) is 11.5. The van der Waals surface area contributed by atoms with Gasteiger partial charge in [0.2, 0.25) is 0 Å². The molecule has 1 aliphatic rings. The Hall–Kier alpha value is -4.14. The number of carbonyl (C=O) groups is 2. The summed E-state index contributed by atoms with van der Waals surface area (Å²) in [7, 11) is 0. The van der Waals surface area contributed by atoms with Crippen molar-refractivity contribution in [1.82, 2.24) is 25.0 Å². The highest BCUT2D eigenvalue weighted by molar-refractivity contribution is 6.35. The van der Waals surface area contributed by atoms with Crippen molar-refractivity contribution in [2.75, 3.05) is 31.5 Å². The van der Waals surface area contributed by atoms with E-state index in [1.165, 1.54) is 0 Å². The lowest BCUT2D eigenvalue weighted by Gasteiger charge is -2.18. The predicted octanol–water partition coefficient (Wildman–Crippen LogP) is 5.70. The van der Waals surface area contributed by atoms with E-state index in [9.17, 15) is 9.59 Å². The number of rotatable bonds is 9. The summed E-state index contributed by atoms with van der Waals surface area (Å²) in [5.41, 5.74) is 7.62. The number of halogens is 1. The van der Waals surface area contributed by atoms with E-state index in [-0.39, 0.29) is 11.8 Å². The molecule has 2 aromatic carbocycles. The van der Waals surface area contributed by atoms with Gasteiger partial charge >= 0.3 is 0 Å². The number of hydrogen-bond donors (Lipinski definition) is 3. The monoisotopic (exact) mass is 556 g/mol. The molecule has 0 spiro atoms. The van der Waals surface area contributed by atoms with E-state index in [1.807, 2.05) is 68.6 Å². The number of nitrogens with one attached hydrogen (secondary N) is 3. The second-order valence-electron chi connectivity index (χ2n) is 9.84. The highest BCUT2D eigenvalue weighted by atomic mass is 35.5. The number of para-hydroxylation sites is 1. The summed E-state index contributed by atoms with van der Waals surface area (Å²) < 4.78 is 1.74. The third kappa shape index (κ3) is 5.33. The van der Waals surface area contributed by atoms with E-state index >= 15 is 0 Å². The van der Waals surface area contributed by atoms with Crippen molar-refractivity contribution in [3.05, 3.63) is 88.0 Å². The number of likely N-dealkylation sites (N-methyl/N-ethyl adjacent to an activating group) is 1. The number of hydrogen-bond acceptors (Lipinski definition) is 4. The third-order valence-electron chi connectivity index (χ3n) is 7.42. The van der Waals surface area contributed by atoms with Gasteiger partial charge in [0.05, 0.1) is 28.0 Å². The fourth-order valence-electron chi connectivity index (χ4n) is 5.11. The molecule has 5 rings (SSSR count). The first-order valence-electron chi connectivity index (χ1n) is 13.5. The van der Waals surface area contributed by atoms with Gasteiger partial charge in [-0.15, -0.1) is 0 Å². The lowest BCUT2D eigenvalue weighted by molar-refractivity contribution is -0.110. The molecule has 0 saturated heterocycles. The smallest absolute Gasteiger partial charge is 0.256 e. The topological polar surface area (TPSA) is 95.1 Å². The summed E-state index contributed by atoms with van der Waals surface area (Å²) in [4.78, 5) is 31.6. The van der Waals surface area contributed by atoms with Gasteiger partial charge in [-0.25, -0.2) is 4.68 Å². The van der Waals surface area contributed by atoms with E-state index in [2.05, 4.69) is 39.5 Å². The first-order valence-corrected chi connectivity index (χ1v) is 13.9. The van der Waals surface area contributed by atoms with Crippen LogP contribution in [0, 0.1) is 13.8 Å². The maximum Gasteiger partial charge on any atom is 0.256 e. The maximum absolute atomic E-state index is 13.0. The van der Waals surface area contributed by atoms with Gasteiger partial charge < -0.3 is 20.5 Å². The fraction of sp³-hybridized carbons (Fsp3) is 0.258. The van der Waals surface area contributed by atoms with Crippen LogP contribution in [0.2, 0.25) is 5.02 Å². The zero-order valence-corrected chi connectivity index (χ0v) is 23.9. The van der Waals surface area contributed by atoms with E-state index < -0.39 is 0 Å². The van der Waals surface area contributed by atoms with Crippen molar-refractivity contribution in [3.8, 4) is 16.8 Å². The average molecular weight is 557 g/mol. The summed E-state index contributed by atoms with van der Waals surface area (Å²) in [6, 6.07) is 13.4. The minimum absolute atomic E-state index is 0.114. The highest BCUT2D eigenvalue weighted by Crippen LogP contribution is 2.37. The van der Waals surface area contributed by atoms with Gasteiger partial charge in [0.15, 0.2) is 0 Å². The Kier molecular flexibility index (Phi) is 7.91. The summed E-state index contributed by atoms with van der Waals surface area (Å²) in [5, 5.41) is 11.1. The van der Waals surface area contributed by atoms with Gasteiger partial charge in [-0.3, -0.25) is 9.59 Å². The van der Waals surface area contributed by atoms with Gasteiger partial charge in [-0.1, -0.05) is 43.6 Å². The number of nitrogens with zero attached hydrogens (tertiary/aromatic N) is 3. The Morgan fingerprint density at radius 3 is 2.65 bits per heavy atom. The van der Waals surface area contributed by atoms with Crippen LogP contribution in [0.5, 0.6) is 0 Å². The molecule has 40 heavy (non-hydrogen) atoms. The minimum Gasteiger partial charge on any atom is -0.358 e. The molecule has 0 radical (unpaired) electrons. The van der Waals surface area contributed by atoms with Gasteiger partial charge in [0, 0.05) is 47.5 Å². The Labute approximate surface area is 239 Å². The van der Waals surface area contributed by atoms with Crippen molar-refractivity contribution >= 4 is 40.8 Å².